The molecule has 0 aromatic carbocycles. The van der Waals surface area contributed by atoms with Crippen molar-refractivity contribution >= 4 is 0 Å². The van der Waals surface area contributed by atoms with Crippen LogP contribution in [0.4, 0.5) is 0 Å². The van der Waals surface area contributed by atoms with E-state index in [2.05, 4.69) is 21.9 Å². The molecule has 0 amide bonds. The fourth-order valence-electron chi connectivity index (χ4n) is 1.70. The number of nitrogens with one attached hydrogen (secondary N) is 4. The Morgan fingerprint density at radius 3 is 1.12 bits per heavy atom. The van der Waals surface area contributed by atoms with E-state index >= 15 is 0 Å². The summed E-state index contributed by atoms with van der Waals surface area (Å²) in [6.07, 6.45) is 10.8. The summed E-state index contributed by atoms with van der Waals surface area (Å²) in [5.41, 5.74) is 12.1. The van der Waals surface area contributed by atoms with E-state index < -0.39 is 0 Å². The molecule has 0 aromatic rings. The average molecular weight is 326 g/mol. The Bertz CT molecular complexity index is 79.6. The van der Waals surface area contributed by atoms with Gasteiger partial charge in [0.25, 0.3) is 0 Å². The topological polar surface area (TPSA) is 48.1 Å². The first-order chi connectivity index (χ1) is 7.00. The van der Waals surface area contributed by atoms with Crippen LogP contribution in [0.15, 0.2) is 0 Å². The molecule has 1 fully saturated rings. The third kappa shape index (κ3) is 16.9. The molecule has 105 valence electrons. The van der Waals surface area contributed by atoms with E-state index in [9.17, 15) is 0 Å². The van der Waals surface area contributed by atoms with Gasteiger partial charge in [0.05, 0.1) is 0 Å². The van der Waals surface area contributed by atoms with E-state index in [1.807, 2.05) is 0 Å². The second kappa shape index (κ2) is 19.3. The number of halogens is 2. The molecule has 0 bridgehead atoms. The maximum Gasteiger partial charge on any atom is 2.00 e. The fourth-order valence-corrected chi connectivity index (χ4v) is 1.70. The largest absolute Gasteiger partial charge is 2.00 e. The minimum Gasteiger partial charge on any atom is -1.00 e. The summed E-state index contributed by atoms with van der Waals surface area (Å²) in [4.78, 5) is 0. The van der Waals surface area contributed by atoms with E-state index in [1.165, 1.54) is 51.4 Å². The van der Waals surface area contributed by atoms with Crippen LogP contribution in [0, 0.1) is 0 Å². The van der Waals surface area contributed by atoms with Crippen LogP contribution in [0.1, 0.15) is 51.4 Å². The van der Waals surface area contributed by atoms with Crippen LogP contribution in [0.25, 0.3) is 0 Å². The van der Waals surface area contributed by atoms with Crippen LogP contribution in [-0.4, -0.2) is 13.1 Å². The Kier molecular flexibility index (Phi) is 26.2. The van der Waals surface area contributed by atoms with Crippen LogP contribution in [0.3, 0.4) is 0 Å². The standard InChI is InChI=1S/C10H24N4.2ClH.Mn/c1-2-4-6-8-10-12-14-13-11-9-7-5-3-1;;;/h11-14H,1-10H2;2*1H;/q;;;+2/p-2. The monoisotopic (exact) mass is 325 g/mol. The fraction of sp³-hybridized carbons (Fsp3) is 1.00. The van der Waals surface area contributed by atoms with Crippen molar-refractivity contribution in [2.45, 2.75) is 51.4 Å². The molecule has 0 atom stereocenters. The van der Waals surface area contributed by atoms with Gasteiger partial charge in [-0.2, -0.15) is 11.1 Å². The molecule has 1 rings (SSSR count). The van der Waals surface area contributed by atoms with Gasteiger partial charge >= 0.3 is 17.1 Å². The first kappa shape index (κ1) is 23.1. The third-order valence-corrected chi connectivity index (χ3v) is 2.59. The van der Waals surface area contributed by atoms with Crippen LogP contribution in [0.2, 0.25) is 0 Å². The SMILES string of the molecule is C1CCCCCNNNNCCCC1.[Cl-].[Cl-].[Mn+2]. The van der Waals surface area contributed by atoms with Crippen molar-refractivity contribution < 1.29 is 41.9 Å². The van der Waals surface area contributed by atoms with Gasteiger partial charge in [-0.3, -0.25) is 0 Å². The van der Waals surface area contributed by atoms with E-state index in [-0.39, 0.29) is 41.9 Å². The number of hydrogen-bond donors (Lipinski definition) is 4. The molecule has 0 spiro atoms. The van der Waals surface area contributed by atoms with Gasteiger partial charge in [-0.25, -0.2) is 10.9 Å². The van der Waals surface area contributed by atoms with Crippen molar-refractivity contribution in [3.8, 4) is 0 Å². The molecule has 7 heteroatoms. The second-order valence-corrected chi connectivity index (χ2v) is 3.93. The zero-order valence-electron chi connectivity index (χ0n) is 10.2. The molecule has 0 unspecified atom stereocenters. The molecule has 1 radical (unpaired) electrons. The minimum atomic E-state index is 0. The zero-order valence-corrected chi connectivity index (χ0v) is 12.9. The summed E-state index contributed by atoms with van der Waals surface area (Å²) in [5, 5.41) is 0. The molecule has 4 N–H and O–H groups in total. The van der Waals surface area contributed by atoms with Gasteiger partial charge in [-0.15, -0.1) is 0 Å². The van der Waals surface area contributed by atoms with Gasteiger partial charge in [0.1, 0.15) is 0 Å². The molecule has 1 saturated heterocycles. The number of rotatable bonds is 0. The molecule has 0 aromatic heterocycles. The first-order valence-electron chi connectivity index (χ1n) is 5.96. The Morgan fingerprint density at radius 2 is 0.765 bits per heavy atom. The Morgan fingerprint density at radius 1 is 0.471 bits per heavy atom. The molecule has 17 heavy (non-hydrogen) atoms. The molecule has 0 saturated carbocycles. The van der Waals surface area contributed by atoms with Gasteiger partial charge in [0.15, 0.2) is 0 Å². The van der Waals surface area contributed by atoms with Crippen LogP contribution in [0.5, 0.6) is 0 Å². The normalized spacial score (nSPS) is 19.8. The maximum absolute atomic E-state index is 3.12. The van der Waals surface area contributed by atoms with Crippen LogP contribution < -0.4 is 46.7 Å². The predicted molar refractivity (Wildman–Crippen MR) is 59.2 cm³/mol. The van der Waals surface area contributed by atoms with Crippen molar-refractivity contribution in [3.05, 3.63) is 0 Å². The molecule has 1 heterocycles. The molecular formula is C10H24Cl2MnN4. The van der Waals surface area contributed by atoms with E-state index in [0.29, 0.717) is 0 Å². The van der Waals surface area contributed by atoms with E-state index in [4.69, 9.17) is 0 Å². The number of hydrazine groups is 3. The first-order valence-corrected chi connectivity index (χ1v) is 5.96. The van der Waals surface area contributed by atoms with Crippen molar-refractivity contribution in [1.82, 2.24) is 21.9 Å². The van der Waals surface area contributed by atoms with Gasteiger partial charge in [0.2, 0.25) is 0 Å². The Hall–Kier alpha value is 0.939. The Labute approximate surface area is 128 Å². The van der Waals surface area contributed by atoms with Gasteiger partial charge in [-0.1, -0.05) is 38.5 Å². The Balaban J connectivity index is -0.000000653. The summed E-state index contributed by atoms with van der Waals surface area (Å²) >= 11 is 0. The van der Waals surface area contributed by atoms with Crippen LogP contribution >= 0.6 is 0 Å². The summed E-state index contributed by atoms with van der Waals surface area (Å²) in [6, 6.07) is 0. The average Bonchev–Trinajstić information content (AvgIpc) is 2.22. The van der Waals surface area contributed by atoms with Crippen molar-refractivity contribution in [3.63, 3.8) is 0 Å². The predicted octanol–water partition coefficient (Wildman–Crippen LogP) is -4.77. The van der Waals surface area contributed by atoms with Crippen molar-refractivity contribution in [1.29, 1.82) is 0 Å². The minimum absolute atomic E-state index is 0. The van der Waals surface area contributed by atoms with Gasteiger partial charge in [0, 0.05) is 13.1 Å². The quantitative estimate of drug-likeness (QED) is 0.338. The summed E-state index contributed by atoms with van der Waals surface area (Å²) in [6.45, 7) is 2.07. The maximum atomic E-state index is 3.12. The van der Waals surface area contributed by atoms with Gasteiger partial charge < -0.3 is 24.8 Å². The summed E-state index contributed by atoms with van der Waals surface area (Å²) in [5.74, 6) is 0. The van der Waals surface area contributed by atoms with Crippen LogP contribution in [-0.2, 0) is 17.1 Å². The van der Waals surface area contributed by atoms with E-state index in [1.54, 1.807) is 0 Å². The summed E-state index contributed by atoms with van der Waals surface area (Å²) < 4.78 is 0. The second-order valence-electron chi connectivity index (χ2n) is 3.93. The molecular weight excluding hydrogens is 302 g/mol. The molecule has 0 aliphatic carbocycles. The van der Waals surface area contributed by atoms with Gasteiger partial charge in [-0.05, 0) is 12.8 Å². The summed E-state index contributed by atoms with van der Waals surface area (Å²) in [7, 11) is 0. The number of hydrogen-bond acceptors (Lipinski definition) is 4. The third-order valence-electron chi connectivity index (χ3n) is 2.59. The smallest absolute Gasteiger partial charge is 1.00 e. The molecule has 1 aliphatic heterocycles. The zero-order chi connectivity index (χ0) is 9.90. The van der Waals surface area contributed by atoms with E-state index in [0.717, 1.165) is 13.1 Å². The molecule has 1 aliphatic rings. The van der Waals surface area contributed by atoms with Crippen molar-refractivity contribution in [2.24, 2.45) is 0 Å². The van der Waals surface area contributed by atoms with Crippen molar-refractivity contribution in [2.75, 3.05) is 13.1 Å². The molecule has 4 nitrogen and oxygen atoms in total.